The van der Waals surface area contributed by atoms with E-state index in [1.54, 1.807) is 12.5 Å². The van der Waals surface area contributed by atoms with Crippen molar-refractivity contribution in [3.63, 3.8) is 0 Å². The van der Waals surface area contributed by atoms with Crippen LogP contribution in [0.25, 0.3) is 11.4 Å². The van der Waals surface area contributed by atoms with Crippen LogP contribution in [0.4, 0.5) is 5.82 Å². The zero-order valence-electron chi connectivity index (χ0n) is 10.6. The van der Waals surface area contributed by atoms with Gasteiger partial charge in [0.15, 0.2) is 0 Å². The molecule has 0 spiro atoms. The van der Waals surface area contributed by atoms with Gasteiger partial charge in [0.05, 0.1) is 11.4 Å². The molecule has 0 N–H and O–H groups in total. The van der Waals surface area contributed by atoms with E-state index in [1.807, 2.05) is 17.8 Å². The molecule has 0 aliphatic carbocycles. The van der Waals surface area contributed by atoms with Crippen molar-refractivity contribution in [1.82, 2.24) is 19.7 Å². The van der Waals surface area contributed by atoms with E-state index in [4.69, 9.17) is 0 Å². The lowest BCUT2D eigenvalue weighted by molar-refractivity contribution is 0.573. The fraction of sp³-hybridized carbons (Fsp3) is 0.462. The van der Waals surface area contributed by atoms with Gasteiger partial charge in [0.2, 0.25) is 0 Å². The van der Waals surface area contributed by atoms with E-state index in [1.165, 1.54) is 19.3 Å². The topological polar surface area (TPSA) is 46.8 Å². The minimum absolute atomic E-state index is 0.936. The van der Waals surface area contributed by atoms with E-state index >= 15 is 0 Å². The Morgan fingerprint density at radius 3 is 2.67 bits per heavy atom. The Balaban J connectivity index is 1.91. The normalized spacial score (nSPS) is 15.9. The molecular formula is C13H17N5. The van der Waals surface area contributed by atoms with Crippen LogP contribution in [0.15, 0.2) is 24.7 Å². The van der Waals surface area contributed by atoms with Gasteiger partial charge >= 0.3 is 0 Å². The molecule has 94 valence electrons. The third kappa shape index (κ3) is 2.08. The maximum absolute atomic E-state index is 4.39. The standard InChI is InChI=1S/C13H17N5/c1-17-12(5-6-16-17)11-9-13(15-10-14-11)18-7-3-2-4-8-18/h5-6,9-10H,2-4,7-8H2,1H3. The summed E-state index contributed by atoms with van der Waals surface area (Å²) in [7, 11) is 1.93. The van der Waals surface area contributed by atoms with Gasteiger partial charge in [0.25, 0.3) is 0 Å². The molecule has 1 aliphatic heterocycles. The van der Waals surface area contributed by atoms with Crippen molar-refractivity contribution >= 4 is 5.82 Å². The predicted octanol–water partition coefficient (Wildman–Crippen LogP) is 1.87. The van der Waals surface area contributed by atoms with Crippen molar-refractivity contribution in [3.8, 4) is 11.4 Å². The first-order valence-corrected chi connectivity index (χ1v) is 6.40. The van der Waals surface area contributed by atoms with Gasteiger partial charge in [-0.25, -0.2) is 9.97 Å². The zero-order valence-corrected chi connectivity index (χ0v) is 10.6. The summed E-state index contributed by atoms with van der Waals surface area (Å²) in [6.07, 6.45) is 7.27. The first-order valence-electron chi connectivity index (χ1n) is 6.40. The number of nitrogens with zero attached hydrogens (tertiary/aromatic N) is 5. The molecule has 18 heavy (non-hydrogen) atoms. The van der Waals surface area contributed by atoms with Crippen LogP contribution in [0.5, 0.6) is 0 Å². The molecule has 2 aromatic heterocycles. The summed E-state index contributed by atoms with van der Waals surface area (Å²) < 4.78 is 1.84. The molecule has 0 bridgehead atoms. The second-order valence-corrected chi connectivity index (χ2v) is 4.65. The summed E-state index contributed by atoms with van der Waals surface area (Å²) in [4.78, 5) is 11.1. The average molecular weight is 243 g/mol. The molecule has 1 aliphatic rings. The first-order chi connectivity index (χ1) is 8.84. The maximum Gasteiger partial charge on any atom is 0.132 e. The number of hydrogen-bond donors (Lipinski definition) is 0. The molecule has 0 saturated carbocycles. The molecule has 5 heteroatoms. The second kappa shape index (κ2) is 4.76. The van der Waals surface area contributed by atoms with Crippen molar-refractivity contribution in [2.24, 2.45) is 7.05 Å². The molecule has 3 heterocycles. The highest BCUT2D eigenvalue weighted by Gasteiger charge is 2.13. The van der Waals surface area contributed by atoms with E-state index in [-0.39, 0.29) is 0 Å². The largest absolute Gasteiger partial charge is 0.357 e. The van der Waals surface area contributed by atoms with E-state index in [9.17, 15) is 0 Å². The van der Waals surface area contributed by atoms with Gasteiger partial charge in [-0.2, -0.15) is 5.10 Å². The van der Waals surface area contributed by atoms with Gasteiger partial charge in [0.1, 0.15) is 12.1 Å². The number of rotatable bonds is 2. The molecule has 3 rings (SSSR count). The fourth-order valence-electron chi connectivity index (χ4n) is 2.41. The molecule has 0 amide bonds. The summed E-state index contributed by atoms with van der Waals surface area (Å²) in [5.74, 6) is 1.03. The van der Waals surface area contributed by atoms with Crippen molar-refractivity contribution in [2.45, 2.75) is 19.3 Å². The van der Waals surface area contributed by atoms with Gasteiger partial charge < -0.3 is 4.90 Å². The van der Waals surface area contributed by atoms with E-state index in [0.29, 0.717) is 0 Å². The highest BCUT2D eigenvalue weighted by atomic mass is 15.3. The second-order valence-electron chi connectivity index (χ2n) is 4.65. The first kappa shape index (κ1) is 11.2. The molecule has 5 nitrogen and oxygen atoms in total. The summed E-state index contributed by atoms with van der Waals surface area (Å²) in [6, 6.07) is 4.03. The Morgan fingerprint density at radius 2 is 1.94 bits per heavy atom. The van der Waals surface area contributed by atoms with Crippen LogP contribution in [0.1, 0.15) is 19.3 Å². The van der Waals surface area contributed by atoms with Crippen LogP contribution >= 0.6 is 0 Å². The van der Waals surface area contributed by atoms with Gasteiger partial charge in [-0.1, -0.05) is 0 Å². The molecule has 0 aromatic carbocycles. The van der Waals surface area contributed by atoms with Crippen LogP contribution in [-0.4, -0.2) is 32.8 Å². The lowest BCUT2D eigenvalue weighted by atomic mass is 10.1. The zero-order chi connectivity index (χ0) is 12.4. The maximum atomic E-state index is 4.39. The van der Waals surface area contributed by atoms with Crippen molar-refractivity contribution in [2.75, 3.05) is 18.0 Å². The monoisotopic (exact) mass is 243 g/mol. The van der Waals surface area contributed by atoms with Crippen LogP contribution in [0.3, 0.4) is 0 Å². The van der Waals surface area contributed by atoms with E-state index in [2.05, 4.69) is 26.0 Å². The lowest BCUT2D eigenvalue weighted by Gasteiger charge is -2.27. The Labute approximate surface area is 106 Å². The smallest absolute Gasteiger partial charge is 0.132 e. The Kier molecular flexibility index (Phi) is 2.96. The number of aromatic nitrogens is 4. The number of piperidine rings is 1. The van der Waals surface area contributed by atoms with Gasteiger partial charge in [-0.15, -0.1) is 0 Å². The van der Waals surface area contributed by atoms with Crippen molar-refractivity contribution < 1.29 is 0 Å². The summed E-state index contributed by atoms with van der Waals surface area (Å²) in [5, 5.41) is 4.18. The molecule has 1 saturated heterocycles. The predicted molar refractivity (Wildman–Crippen MR) is 70.3 cm³/mol. The van der Waals surface area contributed by atoms with E-state index in [0.717, 1.165) is 30.3 Å². The van der Waals surface area contributed by atoms with Gasteiger partial charge in [-0.05, 0) is 25.3 Å². The lowest BCUT2D eigenvalue weighted by Crippen LogP contribution is -2.30. The molecular weight excluding hydrogens is 226 g/mol. The van der Waals surface area contributed by atoms with E-state index < -0.39 is 0 Å². The number of hydrogen-bond acceptors (Lipinski definition) is 4. The Hall–Kier alpha value is -1.91. The average Bonchev–Trinajstić information content (AvgIpc) is 2.86. The summed E-state index contributed by atoms with van der Waals surface area (Å²) >= 11 is 0. The van der Waals surface area contributed by atoms with Crippen LogP contribution in [0, 0.1) is 0 Å². The third-order valence-corrected chi connectivity index (χ3v) is 3.42. The summed E-state index contributed by atoms with van der Waals surface area (Å²) in [5.41, 5.74) is 1.96. The molecule has 1 fully saturated rings. The summed E-state index contributed by atoms with van der Waals surface area (Å²) in [6.45, 7) is 2.20. The Bertz CT molecular complexity index is 528. The molecule has 0 radical (unpaired) electrons. The van der Waals surface area contributed by atoms with Crippen LogP contribution in [-0.2, 0) is 7.05 Å². The van der Waals surface area contributed by atoms with Crippen molar-refractivity contribution in [1.29, 1.82) is 0 Å². The molecule has 0 atom stereocenters. The molecule has 0 unspecified atom stereocenters. The fourth-order valence-corrected chi connectivity index (χ4v) is 2.41. The quantitative estimate of drug-likeness (QED) is 0.808. The highest BCUT2D eigenvalue weighted by molar-refractivity contribution is 5.58. The Morgan fingerprint density at radius 1 is 1.11 bits per heavy atom. The van der Waals surface area contributed by atoms with Crippen LogP contribution < -0.4 is 4.90 Å². The number of anilines is 1. The SMILES string of the molecule is Cn1nccc1-c1cc(N2CCCCC2)ncn1. The van der Waals surface area contributed by atoms with Gasteiger partial charge in [-0.3, -0.25) is 4.68 Å². The van der Waals surface area contributed by atoms with Gasteiger partial charge in [0, 0.05) is 32.4 Å². The third-order valence-electron chi connectivity index (χ3n) is 3.42. The molecule has 2 aromatic rings. The van der Waals surface area contributed by atoms with Crippen molar-refractivity contribution in [3.05, 3.63) is 24.7 Å². The highest BCUT2D eigenvalue weighted by Crippen LogP contribution is 2.22. The minimum Gasteiger partial charge on any atom is -0.357 e. The van der Waals surface area contributed by atoms with Crippen LogP contribution in [0.2, 0.25) is 0 Å². The number of aryl methyl sites for hydroxylation is 1. The minimum atomic E-state index is 0.936.